The summed E-state index contributed by atoms with van der Waals surface area (Å²) in [7, 11) is 5.68. The van der Waals surface area contributed by atoms with Gasteiger partial charge in [-0.2, -0.15) is 0 Å². The van der Waals surface area contributed by atoms with Gasteiger partial charge in [-0.25, -0.2) is 0 Å². The molecule has 0 heterocycles. The number of quaternary nitrogens is 1. The van der Waals surface area contributed by atoms with Crippen molar-refractivity contribution in [3.63, 3.8) is 0 Å². The van der Waals surface area contributed by atoms with Crippen molar-refractivity contribution in [3.8, 4) is 0 Å². The molecule has 162 valence electrons. The van der Waals surface area contributed by atoms with Gasteiger partial charge in [0.15, 0.2) is 0 Å². The van der Waals surface area contributed by atoms with E-state index in [1.165, 1.54) is 19.3 Å². The molecule has 0 N–H and O–H groups in total. The van der Waals surface area contributed by atoms with Crippen molar-refractivity contribution in [3.05, 3.63) is 24.3 Å². The summed E-state index contributed by atoms with van der Waals surface area (Å²) in [4.78, 5) is 22.7. The lowest BCUT2D eigenvalue weighted by atomic mass is 10.1. The quantitative estimate of drug-likeness (QED) is 0.122. The fraction of sp³-hybridized carbons (Fsp3) is 0.739. The van der Waals surface area contributed by atoms with Crippen LogP contribution in [0, 0.1) is 0 Å². The average molecular weight is 396 g/mol. The lowest BCUT2D eigenvalue weighted by Gasteiger charge is -2.33. The van der Waals surface area contributed by atoms with Crippen LogP contribution in [0.15, 0.2) is 24.3 Å². The van der Waals surface area contributed by atoms with Crippen LogP contribution in [0.4, 0.5) is 0 Å². The first-order valence-corrected chi connectivity index (χ1v) is 10.8. The molecule has 0 aromatic heterocycles. The average Bonchev–Trinajstić information content (AvgIpc) is 2.61. The van der Waals surface area contributed by atoms with Crippen molar-refractivity contribution in [2.24, 2.45) is 0 Å². The summed E-state index contributed by atoms with van der Waals surface area (Å²) in [5.41, 5.74) is 0. The van der Waals surface area contributed by atoms with Gasteiger partial charge in [0.1, 0.15) is 0 Å². The van der Waals surface area contributed by atoms with Crippen molar-refractivity contribution in [2.45, 2.75) is 90.2 Å². The van der Waals surface area contributed by atoms with Gasteiger partial charge in [-0.3, -0.25) is 9.28 Å². The first-order valence-electron chi connectivity index (χ1n) is 10.8. The number of unbranched alkanes of at least 4 members (excludes halogenated alkanes) is 6. The van der Waals surface area contributed by atoms with Crippen molar-refractivity contribution in [1.29, 1.82) is 0 Å². The molecule has 28 heavy (non-hydrogen) atoms. The maximum Gasteiger partial charge on any atom is 0.310 e. The van der Waals surface area contributed by atoms with E-state index < -0.39 is 12.2 Å². The molecule has 0 aliphatic carbocycles. The lowest BCUT2D eigenvalue weighted by Crippen LogP contribution is -2.48. The van der Waals surface area contributed by atoms with Crippen molar-refractivity contribution in [1.82, 2.24) is 0 Å². The number of rotatable bonds is 17. The van der Waals surface area contributed by atoms with Gasteiger partial charge in [0.2, 0.25) is 6.23 Å². The largest absolute Gasteiger partial charge is 0.550 e. The minimum absolute atomic E-state index is 0.100. The first kappa shape index (κ1) is 26.4. The lowest BCUT2D eigenvalue weighted by molar-refractivity contribution is -0.917. The van der Waals surface area contributed by atoms with E-state index in [4.69, 9.17) is 4.74 Å². The van der Waals surface area contributed by atoms with E-state index in [1.807, 2.05) is 21.1 Å². The number of carboxylic acids is 1. The zero-order valence-corrected chi connectivity index (χ0v) is 18.5. The minimum atomic E-state index is -1.11. The Morgan fingerprint density at radius 1 is 0.893 bits per heavy atom. The molecule has 1 atom stereocenters. The van der Waals surface area contributed by atoms with E-state index >= 15 is 0 Å². The molecule has 0 bridgehead atoms. The first-order chi connectivity index (χ1) is 13.3. The maximum absolute atomic E-state index is 12.0. The molecule has 0 unspecified atom stereocenters. The second-order valence-corrected chi connectivity index (χ2v) is 8.25. The zero-order valence-electron chi connectivity index (χ0n) is 18.5. The number of esters is 1. The Hall–Kier alpha value is -1.62. The minimum Gasteiger partial charge on any atom is -0.550 e. The van der Waals surface area contributed by atoms with Crippen LogP contribution in [0.2, 0.25) is 0 Å². The summed E-state index contributed by atoms with van der Waals surface area (Å²) in [5, 5.41) is 10.7. The van der Waals surface area contributed by atoms with Gasteiger partial charge in [-0.1, -0.05) is 56.9 Å². The summed E-state index contributed by atoms with van der Waals surface area (Å²) >= 11 is 0. The van der Waals surface area contributed by atoms with Gasteiger partial charge in [0.25, 0.3) is 0 Å². The number of carbonyl (C=O) groups excluding carboxylic acids is 2. The second kappa shape index (κ2) is 16.3. The molecule has 0 saturated carbocycles. The van der Waals surface area contributed by atoms with Gasteiger partial charge in [-0.15, -0.1) is 0 Å². The van der Waals surface area contributed by atoms with Crippen LogP contribution in [0.1, 0.15) is 84.0 Å². The highest BCUT2D eigenvalue weighted by molar-refractivity contribution is 5.69. The number of aliphatic carboxylic acids is 1. The van der Waals surface area contributed by atoms with Crippen LogP contribution >= 0.6 is 0 Å². The Morgan fingerprint density at radius 2 is 1.50 bits per heavy atom. The molecule has 0 spiro atoms. The van der Waals surface area contributed by atoms with Crippen LogP contribution in [0.3, 0.4) is 0 Å². The van der Waals surface area contributed by atoms with Gasteiger partial charge < -0.3 is 14.6 Å². The Bertz CT molecular complexity index is 477. The van der Waals surface area contributed by atoms with Gasteiger partial charge in [0, 0.05) is 18.8 Å². The normalized spacial score (nSPS) is 13.3. The third-order valence-electron chi connectivity index (χ3n) is 4.54. The van der Waals surface area contributed by atoms with Crippen LogP contribution in [0.5, 0.6) is 0 Å². The standard InChI is InChI=1S/C23H41NO4/c1-5-6-7-8-9-10-11-12-13-14-15-16-17-18-23(27)28-21(24(2,3)4)19-20-22(25)26/h7-8,10-11,21H,5-6,9,12-20H2,1-4H3/b8-7-,11-10-/t21-/m0/s1. The zero-order chi connectivity index (χ0) is 21.3. The van der Waals surface area contributed by atoms with Crippen molar-refractivity contribution in [2.75, 3.05) is 21.1 Å². The highest BCUT2D eigenvalue weighted by atomic mass is 16.6. The second-order valence-electron chi connectivity index (χ2n) is 8.25. The van der Waals surface area contributed by atoms with Gasteiger partial charge in [-0.05, 0) is 38.5 Å². The highest BCUT2D eigenvalue weighted by Crippen LogP contribution is 2.14. The molecule has 5 nitrogen and oxygen atoms in total. The molecule has 0 amide bonds. The van der Waals surface area contributed by atoms with Crippen LogP contribution in [-0.4, -0.2) is 43.8 Å². The summed E-state index contributed by atoms with van der Waals surface area (Å²) in [6, 6.07) is 0. The van der Waals surface area contributed by atoms with E-state index in [0.29, 0.717) is 10.9 Å². The SMILES string of the molecule is CCC/C=C\C/C=C\CCCCCCCC(=O)O[C@@H](CCC(=O)[O-])[N+](C)(C)C. The van der Waals surface area contributed by atoms with Crippen LogP contribution in [-0.2, 0) is 14.3 Å². The third-order valence-corrected chi connectivity index (χ3v) is 4.54. The Labute approximate surface area is 172 Å². The monoisotopic (exact) mass is 395 g/mol. The summed E-state index contributed by atoms with van der Waals surface area (Å²) < 4.78 is 5.89. The predicted octanol–water partition coefficient (Wildman–Crippen LogP) is 4.13. The smallest absolute Gasteiger partial charge is 0.310 e. The van der Waals surface area contributed by atoms with Crippen molar-refractivity contribution < 1.29 is 23.9 Å². The molecule has 0 saturated heterocycles. The summed E-state index contributed by atoms with van der Waals surface area (Å²) in [6.07, 6.45) is 18.9. The van der Waals surface area contributed by atoms with E-state index in [2.05, 4.69) is 31.2 Å². The Morgan fingerprint density at radius 3 is 2.11 bits per heavy atom. The molecular formula is C23H41NO4. The van der Waals surface area contributed by atoms with Crippen molar-refractivity contribution >= 4 is 11.9 Å². The van der Waals surface area contributed by atoms with Gasteiger partial charge >= 0.3 is 5.97 Å². The molecule has 0 aromatic rings. The number of hydrogen-bond acceptors (Lipinski definition) is 4. The highest BCUT2D eigenvalue weighted by Gasteiger charge is 2.27. The third kappa shape index (κ3) is 16.5. The van der Waals surface area contributed by atoms with E-state index in [-0.39, 0.29) is 18.8 Å². The predicted molar refractivity (Wildman–Crippen MR) is 112 cm³/mol. The van der Waals surface area contributed by atoms with Crippen LogP contribution < -0.4 is 5.11 Å². The summed E-state index contributed by atoms with van der Waals surface area (Å²) in [5.74, 6) is -1.35. The van der Waals surface area contributed by atoms with E-state index in [1.54, 1.807) is 0 Å². The molecule has 5 heteroatoms. The number of carbonyl (C=O) groups is 2. The number of carboxylic acid groups (broad SMARTS) is 1. The number of ether oxygens (including phenoxy) is 1. The Kier molecular flexibility index (Phi) is 15.4. The molecule has 0 radical (unpaired) electrons. The molecular weight excluding hydrogens is 354 g/mol. The Balaban J connectivity index is 3.77. The number of hydrogen-bond donors (Lipinski definition) is 0. The number of nitrogens with zero attached hydrogens (tertiary/aromatic N) is 1. The topological polar surface area (TPSA) is 66.4 Å². The maximum atomic E-state index is 12.0. The molecule has 0 rings (SSSR count). The van der Waals surface area contributed by atoms with E-state index in [9.17, 15) is 14.7 Å². The summed E-state index contributed by atoms with van der Waals surface area (Å²) in [6.45, 7) is 2.19. The van der Waals surface area contributed by atoms with Crippen LogP contribution in [0.25, 0.3) is 0 Å². The van der Waals surface area contributed by atoms with E-state index in [0.717, 1.165) is 38.5 Å². The molecule has 0 aromatic carbocycles. The molecule has 0 aliphatic heterocycles. The van der Waals surface area contributed by atoms with Gasteiger partial charge in [0.05, 0.1) is 21.1 Å². The molecule has 0 aliphatic rings. The molecule has 0 fully saturated rings. The number of allylic oxidation sites excluding steroid dienone is 4. The fourth-order valence-electron chi connectivity index (χ4n) is 2.79. The fourth-order valence-corrected chi connectivity index (χ4v) is 2.79.